The van der Waals surface area contributed by atoms with Crippen molar-refractivity contribution in [1.29, 1.82) is 0 Å². The lowest BCUT2D eigenvalue weighted by Crippen LogP contribution is -2.27. The molecule has 1 aliphatic carbocycles. The Hall–Kier alpha value is -1.38. The van der Waals surface area contributed by atoms with Gasteiger partial charge in [0, 0.05) is 12.5 Å². The number of rotatable bonds is 0. The summed E-state index contributed by atoms with van der Waals surface area (Å²) in [6.07, 6.45) is 5.91. The molecule has 3 nitrogen and oxygen atoms in total. The molecule has 0 saturated carbocycles. The van der Waals surface area contributed by atoms with Crippen molar-refractivity contribution in [3.8, 4) is 0 Å². The second-order valence-corrected chi connectivity index (χ2v) is 2.07. The fourth-order valence-corrected chi connectivity index (χ4v) is 0.883. The molecule has 0 spiro atoms. The highest BCUT2D eigenvalue weighted by Gasteiger charge is 2.02. The first-order chi connectivity index (χ1) is 4.86. The Morgan fingerprint density at radius 3 is 3.50 bits per heavy atom. The third-order valence-electron chi connectivity index (χ3n) is 1.36. The van der Waals surface area contributed by atoms with E-state index in [9.17, 15) is 4.79 Å². The molecule has 1 radical (unpaired) electrons. The van der Waals surface area contributed by atoms with Gasteiger partial charge in [0.15, 0.2) is 11.2 Å². The summed E-state index contributed by atoms with van der Waals surface area (Å²) in [4.78, 5) is 14.4. The van der Waals surface area contributed by atoms with Crippen molar-refractivity contribution < 1.29 is 9.21 Å². The van der Waals surface area contributed by atoms with Crippen molar-refractivity contribution >= 4 is 17.9 Å². The van der Waals surface area contributed by atoms with E-state index in [0.717, 1.165) is 0 Å². The van der Waals surface area contributed by atoms with Crippen LogP contribution >= 0.6 is 0 Å². The molecule has 0 fully saturated rings. The molecule has 10 heavy (non-hydrogen) atoms. The minimum atomic E-state index is 0.0646. The summed E-state index contributed by atoms with van der Waals surface area (Å²) >= 11 is 0. The van der Waals surface area contributed by atoms with E-state index in [1.54, 1.807) is 6.08 Å². The van der Waals surface area contributed by atoms with Gasteiger partial charge < -0.3 is 4.42 Å². The largest absolute Gasteiger partial charge is 0.433 e. The maximum atomic E-state index is 10.7. The number of carbonyl (C=O) groups is 1. The van der Waals surface area contributed by atoms with E-state index in [2.05, 4.69) is 11.4 Å². The Labute approximate surface area is 56.7 Å². The van der Waals surface area contributed by atoms with Gasteiger partial charge in [-0.3, -0.25) is 4.79 Å². The van der Waals surface area contributed by atoms with Crippen LogP contribution in [-0.4, -0.2) is 10.8 Å². The second kappa shape index (κ2) is 1.80. The molecule has 3 heteroatoms. The van der Waals surface area contributed by atoms with Crippen LogP contribution in [0.1, 0.15) is 6.42 Å². The monoisotopic (exact) mass is 134 g/mol. The molecule has 0 saturated heterocycles. The predicted octanol–water partition coefficient (Wildman–Crippen LogP) is -0.991. The summed E-state index contributed by atoms with van der Waals surface area (Å²) in [5.41, 5.74) is 0.652. The first-order valence-electron chi connectivity index (χ1n) is 2.94. The molecule has 1 aliphatic rings. The van der Waals surface area contributed by atoms with Crippen LogP contribution in [0.5, 0.6) is 0 Å². The molecular formula is C7H4NO2. The third-order valence-corrected chi connectivity index (χ3v) is 1.36. The highest BCUT2D eigenvalue weighted by molar-refractivity contribution is 6.08. The van der Waals surface area contributed by atoms with Gasteiger partial charge in [-0.05, 0) is 6.08 Å². The van der Waals surface area contributed by atoms with Gasteiger partial charge in [-0.15, -0.1) is 0 Å². The molecule has 2 rings (SSSR count). The highest BCUT2D eigenvalue weighted by Crippen LogP contribution is 1.88. The standard InChI is InChI=1S/C7H4NO2/c9-5-1-2-7-6(3-5)8-4-10-7/h2-3H,1H2. The maximum absolute atomic E-state index is 10.7. The van der Waals surface area contributed by atoms with E-state index in [1.165, 1.54) is 6.08 Å². The fraction of sp³-hybridized carbons (Fsp3) is 0.143. The number of hydrogen-bond donors (Lipinski definition) is 0. The Balaban J connectivity index is 2.85. The summed E-state index contributed by atoms with van der Waals surface area (Å²) in [7, 11) is 0. The first kappa shape index (κ1) is 5.41. The predicted molar refractivity (Wildman–Crippen MR) is 33.1 cm³/mol. The van der Waals surface area contributed by atoms with Gasteiger partial charge >= 0.3 is 0 Å². The lowest BCUT2D eigenvalue weighted by molar-refractivity contribution is -0.112. The highest BCUT2D eigenvalue weighted by atomic mass is 16.3. The molecule has 0 aliphatic heterocycles. The van der Waals surface area contributed by atoms with Gasteiger partial charge in [-0.2, -0.15) is 0 Å². The lowest BCUT2D eigenvalue weighted by Gasteiger charge is -1.88. The van der Waals surface area contributed by atoms with Crippen LogP contribution in [0.3, 0.4) is 0 Å². The second-order valence-electron chi connectivity index (χ2n) is 2.07. The van der Waals surface area contributed by atoms with E-state index in [1.807, 2.05) is 0 Å². The van der Waals surface area contributed by atoms with Gasteiger partial charge in [0.05, 0.1) is 0 Å². The number of nitrogens with zero attached hydrogens (tertiary/aromatic N) is 1. The van der Waals surface area contributed by atoms with E-state index in [0.29, 0.717) is 17.2 Å². The Morgan fingerprint density at radius 2 is 2.60 bits per heavy atom. The van der Waals surface area contributed by atoms with E-state index < -0.39 is 0 Å². The molecule has 0 amide bonds. The minimum absolute atomic E-state index is 0.0646. The van der Waals surface area contributed by atoms with Crippen LogP contribution in [0.25, 0.3) is 12.2 Å². The number of oxazole rings is 1. The molecule has 1 aromatic heterocycles. The zero-order valence-electron chi connectivity index (χ0n) is 5.13. The van der Waals surface area contributed by atoms with Crippen LogP contribution in [0.4, 0.5) is 0 Å². The van der Waals surface area contributed by atoms with Crippen molar-refractivity contribution in [2.24, 2.45) is 0 Å². The Bertz CT molecular complexity index is 375. The van der Waals surface area contributed by atoms with Gasteiger partial charge in [0.1, 0.15) is 5.35 Å². The molecule has 49 valence electrons. The molecule has 0 unspecified atom stereocenters. The van der Waals surface area contributed by atoms with Gasteiger partial charge in [-0.25, -0.2) is 4.98 Å². The smallest absolute Gasteiger partial charge is 0.284 e. The van der Waals surface area contributed by atoms with Gasteiger partial charge in [0.2, 0.25) is 0 Å². The molecule has 0 bridgehead atoms. The summed E-state index contributed by atoms with van der Waals surface area (Å²) < 4.78 is 4.83. The lowest BCUT2D eigenvalue weighted by atomic mass is 10.2. The molecule has 1 heterocycles. The summed E-state index contributed by atoms with van der Waals surface area (Å²) in [5.74, 6) is 0.0646. The first-order valence-corrected chi connectivity index (χ1v) is 2.94. The number of Topliss-reactive ketones (excluding diaryl/α,β-unsaturated/α-hetero) is 1. The van der Waals surface area contributed by atoms with Crippen LogP contribution in [0, 0.1) is 6.39 Å². The van der Waals surface area contributed by atoms with Crippen molar-refractivity contribution in [3.05, 3.63) is 17.2 Å². The van der Waals surface area contributed by atoms with E-state index in [-0.39, 0.29) is 5.78 Å². The van der Waals surface area contributed by atoms with Crippen molar-refractivity contribution in [3.63, 3.8) is 0 Å². The van der Waals surface area contributed by atoms with E-state index >= 15 is 0 Å². The van der Waals surface area contributed by atoms with Crippen LogP contribution in [0.15, 0.2) is 4.42 Å². The van der Waals surface area contributed by atoms with E-state index in [4.69, 9.17) is 4.42 Å². The normalized spacial score (nSPS) is 15.4. The maximum Gasteiger partial charge on any atom is 0.284 e. The van der Waals surface area contributed by atoms with Gasteiger partial charge in [0.25, 0.3) is 6.39 Å². The zero-order valence-corrected chi connectivity index (χ0v) is 5.13. The summed E-state index contributed by atoms with van der Waals surface area (Å²) in [6, 6.07) is 0. The molecular weight excluding hydrogens is 130 g/mol. The third kappa shape index (κ3) is 0.673. The van der Waals surface area contributed by atoms with Gasteiger partial charge in [-0.1, -0.05) is 0 Å². The van der Waals surface area contributed by atoms with Crippen molar-refractivity contribution in [2.75, 3.05) is 0 Å². The summed E-state index contributed by atoms with van der Waals surface area (Å²) in [5, 5.41) is 0.594. The Kier molecular flexibility index (Phi) is 0.974. The molecule has 0 aromatic carbocycles. The van der Waals surface area contributed by atoms with Crippen LogP contribution < -0.4 is 10.8 Å². The molecule has 1 aromatic rings. The minimum Gasteiger partial charge on any atom is -0.433 e. The number of ketones is 1. The average Bonchev–Trinajstić information content (AvgIpc) is 2.33. The summed E-state index contributed by atoms with van der Waals surface area (Å²) in [6.45, 7) is 0. The van der Waals surface area contributed by atoms with Crippen LogP contribution in [0.2, 0.25) is 0 Å². The topological polar surface area (TPSA) is 43.1 Å². The average molecular weight is 134 g/mol. The Morgan fingerprint density at radius 1 is 1.70 bits per heavy atom. The zero-order chi connectivity index (χ0) is 6.97. The van der Waals surface area contributed by atoms with Crippen molar-refractivity contribution in [1.82, 2.24) is 4.98 Å². The van der Waals surface area contributed by atoms with Crippen molar-refractivity contribution in [2.45, 2.75) is 6.42 Å². The number of fused-ring (bicyclic) bond motifs is 1. The molecule has 0 N–H and O–H groups in total. The SMILES string of the molecule is O=C1C=c2n[c]oc2=CC1. The number of carbonyl (C=O) groups excluding carboxylic acids is 1. The van der Waals surface area contributed by atoms with Crippen LogP contribution in [-0.2, 0) is 4.79 Å². The number of hydrogen-bond acceptors (Lipinski definition) is 3. The number of aromatic nitrogens is 1. The molecule has 0 atom stereocenters. The fourth-order valence-electron chi connectivity index (χ4n) is 0.883. The quantitative estimate of drug-likeness (QED) is 0.457.